The highest BCUT2D eigenvalue weighted by Gasteiger charge is 2.35. The van der Waals surface area contributed by atoms with Crippen LogP contribution in [0.25, 0.3) is 11.8 Å². The zero-order chi connectivity index (χ0) is 34.5. The van der Waals surface area contributed by atoms with Crippen LogP contribution >= 0.6 is 23.1 Å². The molecule has 1 atom stereocenters. The number of nitro groups is 1. The number of methoxy groups -OCH3 is 1. The summed E-state index contributed by atoms with van der Waals surface area (Å²) < 4.78 is 19.1. The lowest BCUT2D eigenvalue weighted by molar-refractivity contribution is -0.384. The molecule has 1 aliphatic rings. The normalized spacial score (nSPS) is 14.2. The van der Waals surface area contributed by atoms with Crippen LogP contribution in [0.4, 0.5) is 5.69 Å². The molecule has 1 aliphatic heterocycles. The first-order chi connectivity index (χ1) is 23.8. The maximum absolute atomic E-state index is 14.2. The second kappa shape index (κ2) is 14.8. The molecule has 6 rings (SSSR count). The topological polar surface area (TPSA) is 122 Å². The number of hydrogen-bond acceptors (Lipinski definition) is 10. The fraction of sp³-hybridized carbons (Fsp3) is 0.162. The first-order valence-electron chi connectivity index (χ1n) is 15.3. The summed E-state index contributed by atoms with van der Waals surface area (Å²) >= 11 is 2.84. The first kappa shape index (κ1) is 33.4. The molecule has 2 heterocycles. The molecular formula is C37H31N3O7S2. The Hall–Kier alpha value is -5.46. The number of non-ortho nitro benzene ring substituents is 1. The molecule has 4 aromatic carbocycles. The average molecular weight is 694 g/mol. The van der Waals surface area contributed by atoms with E-state index >= 15 is 0 Å². The minimum Gasteiger partial charge on any atom is -0.493 e. The van der Waals surface area contributed by atoms with E-state index < -0.39 is 16.9 Å². The summed E-state index contributed by atoms with van der Waals surface area (Å²) in [7, 11) is 1.52. The van der Waals surface area contributed by atoms with E-state index in [0.29, 0.717) is 37.7 Å². The third-order valence-electron chi connectivity index (χ3n) is 7.83. The Morgan fingerprint density at radius 2 is 1.76 bits per heavy atom. The van der Waals surface area contributed by atoms with Gasteiger partial charge in [-0.05, 0) is 72.3 Å². The van der Waals surface area contributed by atoms with Crippen LogP contribution in [0.1, 0.15) is 35.2 Å². The van der Waals surface area contributed by atoms with Crippen molar-refractivity contribution in [2.45, 2.75) is 24.5 Å². The lowest BCUT2D eigenvalue weighted by atomic mass is 9.93. The van der Waals surface area contributed by atoms with Crippen molar-refractivity contribution in [3.05, 3.63) is 155 Å². The van der Waals surface area contributed by atoms with Gasteiger partial charge in [0.15, 0.2) is 16.3 Å². The molecule has 0 radical (unpaired) electrons. The van der Waals surface area contributed by atoms with Gasteiger partial charge in [-0.25, -0.2) is 9.79 Å². The number of hydrogen-bond donors (Lipinski definition) is 0. The smallest absolute Gasteiger partial charge is 0.338 e. The van der Waals surface area contributed by atoms with Crippen LogP contribution in [0.5, 0.6) is 11.5 Å². The number of ether oxygens (including phenoxy) is 3. The molecule has 0 saturated heterocycles. The minimum atomic E-state index is -0.770. The molecule has 0 spiro atoms. The van der Waals surface area contributed by atoms with Crippen molar-refractivity contribution in [1.82, 2.24) is 4.57 Å². The van der Waals surface area contributed by atoms with Crippen molar-refractivity contribution < 1.29 is 23.9 Å². The lowest BCUT2D eigenvalue weighted by Gasteiger charge is -2.26. The van der Waals surface area contributed by atoms with E-state index in [1.165, 1.54) is 30.6 Å². The Bertz CT molecular complexity index is 2230. The number of thiazole rings is 1. The van der Waals surface area contributed by atoms with Gasteiger partial charge < -0.3 is 14.2 Å². The second-order valence-corrected chi connectivity index (χ2v) is 12.7. The molecule has 10 nitrogen and oxygen atoms in total. The summed E-state index contributed by atoms with van der Waals surface area (Å²) in [4.78, 5) is 44.9. The zero-order valence-corrected chi connectivity index (χ0v) is 28.5. The first-order valence-corrected chi connectivity index (χ1v) is 17.3. The second-order valence-electron chi connectivity index (χ2n) is 10.8. The summed E-state index contributed by atoms with van der Waals surface area (Å²) in [5.74, 6) is 0.387. The highest BCUT2D eigenvalue weighted by Crippen LogP contribution is 2.36. The molecular weight excluding hydrogens is 663 g/mol. The number of aromatic nitrogens is 1. The van der Waals surface area contributed by atoms with E-state index in [1.54, 1.807) is 53.6 Å². The third kappa shape index (κ3) is 7.06. The molecule has 5 aromatic rings. The van der Waals surface area contributed by atoms with Gasteiger partial charge in [0.1, 0.15) is 6.61 Å². The van der Waals surface area contributed by atoms with Gasteiger partial charge in [-0.1, -0.05) is 59.9 Å². The fourth-order valence-corrected chi connectivity index (χ4v) is 6.87. The van der Waals surface area contributed by atoms with Crippen LogP contribution in [0.2, 0.25) is 0 Å². The lowest BCUT2D eigenvalue weighted by Crippen LogP contribution is -2.40. The van der Waals surface area contributed by atoms with Gasteiger partial charge in [-0.15, -0.1) is 11.8 Å². The van der Waals surface area contributed by atoms with E-state index in [0.717, 1.165) is 21.6 Å². The predicted molar refractivity (Wildman–Crippen MR) is 190 cm³/mol. The molecule has 0 bridgehead atoms. The molecule has 0 fully saturated rings. The number of carbonyl (C=O) groups is 1. The van der Waals surface area contributed by atoms with Gasteiger partial charge in [0, 0.05) is 22.6 Å². The van der Waals surface area contributed by atoms with Crippen molar-refractivity contribution in [3.63, 3.8) is 0 Å². The largest absolute Gasteiger partial charge is 0.493 e. The number of fused-ring (bicyclic) bond motifs is 1. The number of nitrogens with zero attached hydrogens (tertiary/aromatic N) is 3. The monoisotopic (exact) mass is 693 g/mol. The standard InChI is InChI=1S/C37H31N3O7S2/c1-4-46-36(42)32-33(25-8-6-5-7-9-25)38-37-39(34(32)26-13-17-28(48-3)18-14-26)35(41)31(49-37)21-24-12-19-29(30(20-24)45-2)47-22-23-10-15-27(16-11-23)40(43)44/h5-21,34H,4,22H2,1-3H3/b31-21-/t34-/m0/s1. The summed E-state index contributed by atoms with van der Waals surface area (Å²) in [5, 5.41) is 11.0. The van der Waals surface area contributed by atoms with Gasteiger partial charge in [-0.3, -0.25) is 19.5 Å². The summed E-state index contributed by atoms with van der Waals surface area (Å²) in [5.41, 5.74) is 3.41. The summed E-state index contributed by atoms with van der Waals surface area (Å²) in [6.45, 7) is 2.09. The van der Waals surface area contributed by atoms with Gasteiger partial charge in [-0.2, -0.15) is 0 Å². The Labute approximate surface area is 289 Å². The highest BCUT2D eigenvalue weighted by molar-refractivity contribution is 7.98. The molecule has 1 aromatic heterocycles. The van der Waals surface area contributed by atoms with E-state index in [2.05, 4.69) is 0 Å². The summed E-state index contributed by atoms with van der Waals surface area (Å²) in [6.07, 6.45) is 3.75. The minimum absolute atomic E-state index is 0.00388. The maximum atomic E-state index is 14.2. The molecule has 0 N–H and O–H groups in total. The van der Waals surface area contributed by atoms with Gasteiger partial charge in [0.05, 0.1) is 40.5 Å². The maximum Gasteiger partial charge on any atom is 0.338 e. The fourth-order valence-electron chi connectivity index (χ4n) is 5.46. The number of benzene rings is 4. The Morgan fingerprint density at radius 3 is 2.41 bits per heavy atom. The van der Waals surface area contributed by atoms with Gasteiger partial charge in [0.25, 0.3) is 11.2 Å². The van der Waals surface area contributed by atoms with E-state index in [1.807, 2.05) is 66.9 Å². The van der Waals surface area contributed by atoms with E-state index in [-0.39, 0.29) is 24.5 Å². The number of esters is 1. The number of carbonyl (C=O) groups excluding carboxylic acids is 1. The third-order valence-corrected chi connectivity index (χ3v) is 9.56. The molecule has 0 saturated carbocycles. The molecule has 49 heavy (non-hydrogen) atoms. The zero-order valence-electron chi connectivity index (χ0n) is 26.8. The Morgan fingerprint density at radius 1 is 1.02 bits per heavy atom. The van der Waals surface area contributed by atoms with Crippen molar-refractivity contribution in [1.29, 1.82) is 0 Å². The van der Waals surface area contributed by atoms with Crippen LogP contribution in [0, 0.1) is 10.1 Å². The highest BCUT2D eigenvalue weighted by atomic mass is 32.2. The summed E-state index contributed by atoms with van der Waals surface area (Å²) in [6, 6.07) is 27.9. The van der Waals surface area contributed by atoms with Crippen LogP contribution in [-0.4, -0.2) is 35.4 Å². The van der Waals surface area contributed by atoms with Crippen LogP contribution in [0.3, 0.4) is 0 Å². The van der Waals surface area contributed by atoms with Crippen molar-refractivity contribution >= 4 is 46.5 Å². The number of thioether (sulfide) groups is 1. The predicted octanol–water partition coefficient (Wildman–Crippen LogP) is 6.15. The SMILES string of the molecule is CCOC(=O)C1=C(c2ccccc2)N=c2s/c(=C\c3ccc(OCc4ccc([N+](=O)[O-])cc4)c(OC)c3)c(=O)n2[C@H]1c1ccc(SC)cc1. The van der Waals surface area contributed by atoms with Crippen molar-refractivity contribution in [2.24, 2.45) is 4.99 Å². The Balaban J connectivity index is 1.43. The van der Waals surface area contributed by atoms with Crippen LogP contribution < -0.4 is 24.4 Å². The van der Waals surface area contributed by atoms with Crippen LogP contribution in [0.15, 0.2) is 117 Å². The molecule has 248 valence electrons. The molecule has 12 heteroatoms. The number of rotatable bonds is 11. The number of nitro benzene ring substituents is 1. The average Bonchev–Trinajstić information content (AvgIpc) is 3.44. The molecule has 0 amide bonds. The Kier molecular flexibility index (Phi) is 10.1. The molecule has 0 unspecified atom stereocenters. The molecule has 0 aliphatic carbocycles. The van der Waals surface area contributed by atoms with Crippen molar-refractivity contribution in [2.75, 3.05) is 20.0 Å². The van der Waals surface area contributed by atoms with E-state index in [4.69, 9.17) is 19.2 Å². The van der Waals surface area contributed by atoms with Crippen LogP contribution in [-0.2, 0) is 16.1 Å². The van der Waals surface area contributed by atoms with Gasteiger partial charge in [0.2, 0.25) is 0 Å². The van der Waals surface area contributed by atoms with E-state index in [9.17, 15) is 19.7 Å². The van der Waals surface area contributed by atoms with Gasteiger partial charge >= 0.3 is 5.97 Å². The van der Waals surface area contributed by atoms with Crippen molar-refractivity contribution in [3.8, 4) is 11.5 Å². The quantitative estimate of drug-likeness (QED) is 0.0699.